The number of sulfonamides is 1. The summed E-state index contributed by atoms with van der Waals surface area (Å²) < 4.78 is 41.9. The number of carbonyl (C=O) groups is 1. The Morgan fingerprint density at radius 3 is 2.39 bits per heavy atom. The van der Waals surface area contributed by atoms with Crippen molar-refractivity contribution in [3.05, 3.63) is 71.3 Å². The number of amides is 1. The second kappa shape index (κ2) is 8.32. The molecule has 7 nitrogen and oxygen atoms in total. The second-order valence-corrected chi connectivity index (χ2v) is 10.3. The Hall–Kier alpha value is -2.91. The molecule has 2 aromatic carbocycles. The fraction of sp³-hybridized carbons (Fsp3) is 0.238. The largest absolute Gasteiger partial charge is 0.319 e. The number of hydrogen-bond acceptors (Lipinski definition) is 4. The molecule has 0 aliphatic rings. The SMILES string of the molecule is CN(c1ccc(F)cc1)S(=O)(=O)c1ccc(Cl)c(C(=O)Nc2cnn(C(C)(C)C)c2)c1. The van der Waals surface area contributed by atoms with Gasteiger partial charge < -0.3 is 5.32 Å². The molecule has 0 aliphatic carbocycles. The summed E-state index contributed by atoms with van der Waals surface area (Å²) in [6, 6.07) is 8.90. The lowest BCUT2D eigenvalue weighted by atomic mass is 10.1. The molecule has 0 fully saturated rings. The van der Waals surface area contributed by atoms with Crippen molar-refractivity contribution in [1.29, 1.82) is 0 Å². The summed E-state index contributed by atoms with van der Waals surface area (Å²) in [6.45, 7) is 5.90. The number of nitrogens with zero attached hydrogens (tertiary/aromatic N) is 3. The van der Waals surface area contributed by atoms with Crippen LogP contribution < -0.4 is 9.62 Å². The minimum Gasteiger partial charge on any atom is -0.319 e. The third-order valence-electron chi connectivity index (χ3n) is 4.56. The van der Waals surface area contributed by atoms with E-state index in [4.69, 9.17) is 11.6 Å². The molecule has 0 radical (unpaired) electrons. The van der Waals surface area contributed by atoms with Gasteiger partial charge in [-0.3, -0.25) is 13.8 Å². The first kappa shape index (κ1) is 22.8. The van der Waals surface area contributed by atoms with Crippen molar-refractivity contribution in [2.45, 2.75) is 31.2 Å². The smallest absolute Gasteiger partial charge is 0.264 e. The first-order valence-corrected chi connectivity index (χ1v) is 11.1. The molecule has 1 heterocycles. The normalized spacial score (nSPS) is 11.9. The van der Waals surface area contributed by atoms with Crippen molar-refractivity contribution in [3.63, 3.8) is 0 Å². The van der Waals surface area contributed by atoms with Crippen LogP contribution >= 0.6 is 11.6 Å². The van der Waals surface area contributed by atoms with Gasteiger partial charge in [0.1, 0.15) is 5.82 Å². The van der Waals surface area contributed by atoms with E-state index >= 15 is 0 Å². The van der Waals surface area contributed by atoms with Gasteiger partial charge in [0.25, 0.3) is 15.9 Å². The molecule has 0 saturated heterocycles. The number of hydrogen-bond donors (Lipinski definition) is 1. The molecule has 1 amide bonds. The number of benzene rings is 2. The van der Waals surface area contributed by atoms with Crippen LogP contribution in [0.3, 0.4) is 0 Å². The van der Waals surface area contributed by atoms with E-state index in [0.29, 0.717) is 5.69 Å². The van der Waals surface area contributed by atoms with E-state index in [1.807, 2.05) is 20.8 Å². The van der Waals surface area contributed by atoms with E-state index in [1.165, 1.54) is 55.7 Å². The van der Waals surface area contributed by atoms with Crippen LogP contribution in [-0.4, -0.2) is 31.2 Å². The zero-order valence-corrected chi connectivity index (χ0v) is 19.0. The summed E-state index contributed by atoms with van der Waals surface area (Å²) >= 11 is 6.17. The maximum absolute atomic E-state index is 13.2. The maximum Gasteiger partial charge on any atom is 0.264 e. The average molecular weight is 465 g/mol. The summed E-state index contributed by atoms with van der Waals surface area (Å²) in [6.07, 6.45) is 3.18. The highest BCUT2D eigenvalue weighted by Gasteiger charge is 2.24. The molecule has 0 saturated carbocycles. The molecule has 0 aliphatic heterocycles. The molecule has 31 heavy (non-hydrogen) atoms. The molecule has 0 bridgehead atoms. The van der Waals surface area contributed by atoms with E-state index in [2.05, 4.69) is 10.4 Å². The van der Waals surface area contributed by atoms with Gasteiger partial charge in [-0.1, -0.05) is 11.6 Å². The van der Waals surface area contributed by atoms with Gasteiger partial charge in [-0.25, -0.2) is 12.8 Å². The van der Waals surface area contributed by atoms with Gasteiger partial charge >= 0.3 is 0 Å². The molecule has 1 N–H and O–H groups in total. The lowest BCUT2D eigenvalue weighted by Crippen LogP contribution is -2.27. The Morgan fingerprint density at radius 1 is 1.16 bits per heavy atom. The van der Waals surface area contributed by atoms with Crippen molar-refractivity contribution in [2.24, 2.45) is 0 Å². The van der Waals surface area contributed by atoms with Crippen LogP contribution in [0.1, 0.15) is 31.1 Å². The van der Waals surface area contributed by atoms with E-state index in [9.17, 15) is 17.6 Å². The first-order valence-electron chi connectivity index (χ1n) is 9.30. The molecule has 0 atom stereocenters. The number of nitrogens with one attached hydrogen (secondary N) is 1. The maximum atomic E-state index is 13.2. The highest BCUT2D eigenvalue weighted by molar-refractivity contribution is 7.92. The van der Waals surface area contributed by atoms with Crippen LogP contribution in [0.5, 0.6) is 0 Å². The fourth-order valence-electron chi connectivity index (χ4n) is 2.74. The lowest BCUT2D eigenvalue weighted by Gasteiger charge is -2.20. The van der Waals surface area contributed by atoms with Crippen molar-refractivity contribution in [2.75, 3.05) is 16.7 Å². The summed E-state index contributed by atoms with van der Waals surface area (Å²) in [5.74, 6) is -1.05. The molecule has 164 valence electrons. The number of halogens is 2. The van der Waals surface area contributed by atoms with Crippen molar-refractivity contribution in [1.82, 2.24) is 9.78 Å². The number of rotatable bonds is 5. The summed E-state index contributed by atoms with van der Waals surface area (Å²) in [5.41, 5.74) is 0.461. The van der Waals surface area contributed by atoms with E-state index < -0.39 is 21.7 Å². The molecular weight excluding hydrogens is 443 g/mol. The van der Waals surface area contributed by atoms with Gasteiger partial charge in [-0.15, -0.1) is 0 Å². The topological polar surface area (TPSA) is 84.3 Å². The predicted octanol–water partition coefficient (Wildman–Crippen LogP) is 4.51. The van der Waals surface area contributed by atoms with Gasteiger partial charge in [0.2, 0.25) is 0 Å². The lowest BCUT2D eigenvalue weighted by molar-refractivity contribution is 0.102. The van der Waals surface area contributed by atoms with Gasteiger partial charge in [0.05, 0.1) is 38.6 Å². The monoisotopic (exact) mass is 464 g/mol. The van der Waals surface area contributed by atoms with Crippen LogP contribution in [0.4, 0.5) is 15.8 Å². The Morgan fingerprint density at radius 2 is 1.81 bits per heavy atom. The van der Waals surface area contributed by atoms with Gasteiger partial charge in [-0.2, -0.15) is 5.10 Å². The Labute approximate surface area is 185 Å². The third kappa shape index (κ3) is 4.88. The molecule has 3 rings (SSSR count). The Bertz CT molecular complexity index is 1220. The fourth-order valence-corrected chi connectivity index (χ4v) is 4.17. The minimum absolute atomic E-state index is 0.00115. The number of carbonyl (C=O) groups excluding carboxylic acids is 1. The quantitative estimate of drug-likeness (QED) is 0.602. The second-order valence-electron chi connectivity index (χ2n) is 7.89. The third-order valence-corrected chi connectivity index (χ3v) is 6.67. The molecule has 0 unspecified atom stereocenters. The minimum atomic E-state index is -4.01. The molecule has 10 heteroatoms. The zero-order valence-electron chi connectivity index (χ0n) is 17.4. The van der Waals surface area contributed by atoms with Gasteiger partial charge in [0, 0.05) is 13.2 Å². The molecule has 1 aromatic heterocycles. The molecule has 0 spiro atoms. The Balaban J connectivity index is 1.89. The zero-order chi connectivity index (χ0) is 23.0. The van der Waals surface area contributed by atoms with Crippen molar-refractivity contribution in [3.8, 4) is 0 Å². The summed E-state index contributed by atoms with van der Waals surface area (Å²) in [7, 11) is -2.66. The van der Waals surface area contributed by atoms with Crippen LogP contribution in [0.15, 0.2) is 59.8 Å². The van der Waals surface area contributed by atoms with Crippen LogP contribution in [0.2, 0.25) is 5.02 Å². The predicted molar refractivity (Wildman–Crippen MR) is 119 cm³/mol. The molecular formula is C21H22ClFN4O3S. The van der Waals surface area contributed by atoms with Crippen molar-refractivity contribution >= 4 is 38.9 Å². The van der Waals surface area contributed by atoms with Gasteiger partial charge in [-0.05, 0) is 63.2 Å². The van der Waals surface area contributed by atoms with Crippen LogP contribution in [-0.2, 0) is 15.6 Å². The summed E-state index contributed by atoms with van der Waals surface area (Å²) in [5, 5.41) is 7.00. The number of anilines is 2. The average Bonchev–Trinajstić information content (AvgIpc) is 3.17. The highest BCUT2D eigenvalue weighted by Crippen LogP contribution is 2.27. The summed E-state index contributed by atoms with van der Waals surface area (Å²) in [4.78, 5) is 12.6. The van der Waals surface area contributed by atoms with Crippen molar-refractivity contribution < 1.29 is 17.6 Å². The first-order chi connectivity index (χ1) is 14.4. The Kier molecular flexibility index (Phi) is 6.11. The van der Waals surface area contributed by atoms with E-state index in [0.717, 1.165) is 4.31 Å². The van der Waals surface area contributed by atoms with Crippen LogP contribution in [0, 0.1) is 5.82 Å². The van der Waals surface area contributed by atoms with Gasteiger partial charge in [0.15, 0.2) is 0 Å². The number of aromatic nitrogens is 2. The molecule has 3 aromatic rings. The van der Waals surface area contributed by atoms with Crippen LogP contribution in [0.25, 0.3) is 0 Å². The standard InChI is InChI=1S/C21H22ClFN4O3S/c1-21(2,3)27-13-15(12-24-27)25-20(28)18-11-17(9-10-19(18)22)31(29,30)26(4)16-7-5-14(23)6-8-16/h5-13H,1-4H3,(H,25,28). The highest BCUT2D eigenvalue weighted by atomic mass is 35.5. The van der Waals surface area contributed by atoms with E-state index in [-0.39, 0.29) is 26.7 Å². The van der Waals surface area contributed by atoms with E-state index in [1.54, 1.807) is 10.9 Å².